The lowest BCUT2D eigenvalue weighted by Crippen LogP contribution is -2.01. The fourth-order valence-corrected chi connectivity index (χ4v) is 2.42. The zero-order chi connectivity index (χ0) is 11.6. The maximum Gasteiger partial charge on any atom is 0.236 e. The molecule has 0 spiro atoms. The predicted octanol–water partition coefficient (Wildman–Crippen LogP) is 1.53. The Balaban J connectivity index is 2.16. The first-order valence-electron chi connectivity index (χ1n) is 4.73. The third kappa shape index (κ3) is 2.96. The molecular formula is C10H10ClNO3S. The molecule has 1 aliphatic rings. The van der Waals surface area contributed by atoms with Crippen molar-refractivity contribution in [2.24, 2.45) is 4.99 Å². The molecule has 16 heavy (non-hydrogen) atoms. The van der Waals surface area contributed by atoms with Gasteiger partial charge in [-0.05, 0) is 17.7 Å². The topological polar surface area (TPSA) is 55.7 Å². The number of aliphatic imine (C=N–C) groups is 1. The molecule has 0 radical (unpaired) electrons. The summed E-state index contributed by atoms with van der Waals surface area (Å²) < 4.78 is 27.0. The van der Waals surface area contributed by atoms with Gasteiger partial charge in [-0.2, -0.15) is 0 Å². The molecule has 0 saturated heterocycles. The average Bonchev–Trinajstić information content (AvgIpc) is 2.69. The van der Waals surface area contributed by atoms with Crippen LogP contribution in [0.15, 0.2) is 29.3 Å². The van der Waals surface area contributed by atoms with E-state index in [-0.39, 0.29) is 5.75 Å². The van der Waals surface area contributed by atoms with Gasteiger partial charge < -0.3 is 4.74 Å². The van der Waals surface area contributed by atoms with Gasteiger partial charge in [0.15, 0.2) is 0 Å². The van der Waals surface area contributed by atoms with Crippen molar-refractivity contribution in [3.8, 4) is 0 Å². The standard InChI is InChI=1S/C10H10ClNO3S/c11-16(13,14)7-8-1-3-9(4-2-8)10-12-5-6-15-10/h1-4H,5-7H2. The van der Waals surface area contributed by atoms with Crippen LogP contribution < -0.4 is 0 Å². The lowest BCUT2D eigenvalue weighted by molar-refractivity contribution is 0.348. The Morgan fingerprint density at radius 1 is 1.31 bits per heavy atom. The first kappa shape index (κ1) is 11.4. The van der Waals surface area contributed by atoms with Crippen molar-refractivity contribution in [2.45, 2.75) is 5.75 Å². The van der Waals surface area contributed by atoms with Crippen molar-refractivity contribution in [3.63, 3.8) is 0 Å². The van der Waals surface area contributed by atoms with Gasteiger partial charge in [0.05, 0.1) is 12.3 Å². The van der Waals surface area contributed by atoms with E-state index in [2.05, 4.69) is 4.99 Å². The Bertz CT molecular complexity index is 507. The summed E-state index contributed by atoms with van der Waals surface area (Å²) in [6.07, 6.45) is 0. The molecule has 1 heterocycles. The minimum absolute atomic E-state index is 0.165. The monoisotopic (exact) mass is 259 g/mol. The highest BCUT2D eigenvalue weighted by molar-refractivity contribution is 8.13. The van der Waals surface area contributed by atoms with Crippen LogP contribution in [0.2, 0.25) is 0 Å². The third-order valence-corrected chi connectivity index (χ3v) is 3.13. The van der Waals surface area contributed by atoms with Crippen LogP contribution in [0.3, 0.4) is 0 Å². The number of nitrogens with zero attached hydrogens (tertiary/aromatic N) is 1. The number of benzene rings is 1. The largest absolute Gasteiger partial charge is 0.476 e. The van der Waals surface area contributed by atoms with Crippen molar-refractivity contribution in [1.29, 1.82) is 0 Å². The molecule has 0 unspecified atom stereocenters. The van der Waals surface area contributed by atoms with Gasteiger partial charge in [-0.15, -0.1) is 0 Å². The third-order valence-electron chi connectivity index (χ3n) is 2.13. The fraction of sp³-hybridized carbons (Fsp3) is 0.300. The summed E-state index contributed by atoms with van der Waals surface area (Å²) in [5, 5.41) is 0. The molecule has 4 nitrogen and oxygen atoms in total. The Kier molecular flexibility index (Phi) is 3.16. The summed E-state index contributed by atoms with van der Waals surface area (Å²) in [6, 6.07) is 6.97. The molecule has 1 aromatic carbocycles. The maximum absolute atomic E-state index is 10.9. The van der Waals surface area contributed by atoms with E-state index >= 15 is 0 Å². The van der Waals surface area contributed by atoms with Crippen molar-refractivity contribution in [2.75, 3.05) is 13.2 Å². The van der Waals surface area contributed by atoms with Gasteiger partial charge in [0.2, 0.25) is 14.9 Å². The molecule has 1 aromatic rings. The molecule has 1 aliphatic heterocycles. The van der Waals surface area contributed by atoms with Gasteiger partial charge in [0.1, 0.15) is 6.61 Å². The quantitative estimate of drug-likeness (QED) is 0.774. The molecule has 2 rings (SSSR count). The van der Waals surface area contributed by atoms with Gasteiger partial charge in [0, 0.05) is 16.2 Å². The molecule has 86 valence electrons. The summed E-state index contributed by atoms with van der Waals surface area (Å²) in [7, 11) is 1.66. The van der Waals surface area contributed by atoms with Crippen LogP contribution in [0.4, 0.5) is 0 Å². The number of rotatable bonds is 3. The minimum Gasteiger partial charge on any atom is -0.476 e. The lowest BCUT2D eigenvalue weighted by Gasteiger charge is -2.02. The SMILES string of the molecule is O=S(=O)(Cl)Cc1ccc(C2=NCCO2)cc1. The van der Waals surface area contributed by atoms with Gasteiger partial charge >= 0.3 is 0 Å². The van der Waals surface area contributed by atoms with Crippen molar-refractivity contribution < 1.29 is 13.2 Å². The Labute approximate surface area is 98.3 Å². The molecule has 0 amide bonds. The highest BCUT2D eigenvalue weighted by atomic mass is 35.7. The van der Waals surface area contributed by atoms with E-state index in [1.165, 1.54) is 0 Å². The normalized spacial score (nSPS) is 15.7. The van der Waals surface area contributed by atoms with E-state index in [0.717, 1.165) is 5.56 Å². The van der Waals surface area contributed by atoms with Gasteiger partial charge in [-0.25, -0.2) is 13.4 Å². The van der Waals surface area contributed by atoms with Gasteiger partial charge in [-0.1, -0.05) is 12.1 Å². The molecule has 0 N–H and O–H groups in total. The molecular weight excluding hydrogens is 250 g/mol. The summed E-state index contributed by atoms with van der Waals surface area (Å²) in [6.45, 7) is 1.28. The van der Waals surface area contributed by atoms with Crippen LogP contribution in [0.5, 0.6) is 0 Å². The first-order chi connectivity index (χ1) is 7.54. The van der Waals surface area contributed by atoms with E-state index in [9.17, 15) is 8.42 Å². The van der Waals surface area contributed by atoms with Crippen LogP contribution >= 0.6 is 10.7 Å². The van der Waals surface area contributed by atoms with E-state index in [1.54, 1.807) is 24.3 Å². The number of halogens is 1. The molecule has 0 fully saturated rings. The number of hydrogen-bond donors (Lipinski definition) is 0. The first-order valence-corrected chi connectivity index (χ1v) is 7.21. The van der Waals surface area contributed by atoms with E-state index < -0.39 is 9.05 Å². The molecule has 0 aliphatic carbocycles. The zero-order valence-corrected chi connectivity index (χ0v) is 9.96. The van der Waals surface area contributed by atoms with Crippen molar-refractivity contribution in [1.82, 2.24) is 0 Å². The van der Waals surface area contributed by atoms with Gasteiger partial charge in [0.25, 0.3) is 0 Å². The summed E-state index contributed by atoms with van der Waals surface area (Å²) in [5.74, 6) is 0.447. The summed E-state index contributed by atoms with van der Waals surface area (Å²) >= 11 is 0. The zero-order valence-electron chi connectivity index (χ0n) is 8.39. The Morgan fingerprint density at radius 2 is 2.00 bits per heavy atom. The van der Waals surface area contributed by atoms with Crippen molar-refractivity contribution >= 4 is 25.6 Å². The van der Waals surface area contributed by atoms with E-state index in [0.29, 0.717) is 24.6 Å². The molecule has 0 bridgehead atoms. The van der Waals surface area contributed by atoms with Crippen LogP contribution in [0.25, 0.3) is 0 Å². The highest BCUT2D eigenvalue weighted by Crippen LogP contribution is 2.13. The summed E-state index contributed by atoms with van der Waals surface area (Å²) in [4.78, 5) is 4.16. The smallest absolute Gasteiger partial charge is 0.236 e. The lowest BCUT2D eigenvalue weighted by atomic mass is 10.1. The number of ether oxygens (including phenoxy) is 1. The predicted molar refractivity (Wildman–Crippen MR) is 62.3 cm³/mol. The minimum atomic E-state index is -3.50. The molecule has 0 aromatic heterocycles. The van der Waals surface area contributed by atoms with Crippen molar-refractivity contribution in [3.05, 3.63) is 35.4 Å². The van der Waals surface area contributed by atoms with Gasteiger partial charge in [-0.3, -0.25) is 0 Å². The Morgan fingerprint density at radius 3 is 2.50 bits per heavy atom. The second-order valence-electron chi connectivity index (χ2n) is 3.42. The van der Waals surface area contributed by atoms with Crippen LogP contribution in [0, 0.1) is 0 Å². The average molecular weight is 260 g/mol. The Hall–Kier alpha value is -1.07. The molecule has 6 heteroatoms. The van der Waals surface area contributed by atoms with E-state index in [1.807, 2.05) is 0 Å². The second-order valence-corrected chi connectivity index (χ2v) is 6.19. The highest BCUT2D eigenvalue weighted by Gasteiger charge is 2.11. The van der Waals surface area contributed by atoms with Crippen LogP contribution in [0.1, 0.15) is 11.1 Å². The molecule has 0 saturated carbocycles. The van der Waals surface area contributed by atoms with E-state index in [4.69, 9.17) is 15.4 Å². The summed E-state index contributed by atoms with van der Waals surface area (Å²) in [5.41, 5.74) is 1.51. The second kappa shape index (κ2) is 4.43. The van der Waals surface area contributed by atoms with Crippen LogP contribution in [-0.2, 0) is 19.5 Å². The fourth-order valence-electron chi connectivity index (χ4n) is 1.45. The molecule has 0 atom stereocenters. The van der Waals surface area contributed by atoms with Crippen LogP contribution in [-0.4, -0.2) is 27.5 Å². The maximum atomic E-state index is 10.9. The number of hydrogen-bond acceptors (Lipinski definition) is 4.